The first-order chi connectivity index (χ1) is 6.27. The van der Waals surface area contributed by atoms with Crippen molar-refractivity contribution < 1.29 is 0 Å². The predicted octanol–water partition coefficient (Wildman–Crippen LogP) is 0.849. The van der Waals surface area contributed by atoms with Crippen molar-refractivity contribution in [3.05, 3.63) is 28.2 Å². The average molecular weight is 287 g/mol. The fourth-order valence-corrected chi connectivity index (χ4v) is 1.44. The molecule has 2 aromatic rings. The first kappa shape index (κ1) is 8.42. The summed E-state index contributed by atoms with van der Waals surface area (Å²) >= 11 is 2.15. The molecule has 0 radical (unpaired) electrons. The summed E-state index contributed by atoms with van der Waals surface area (Å²) < 4.78 is 2.53. The zero-order chi connectivity index (χ0) is 9.26. The van der Waals surface area contributed by atoms with Gasteiger partial charge in [-0.2, -0.15) is 0 Å². The summed E-state index contributed by atoms with van der Waals surface area (Å²) in [5.74, 6) is 0.609. The zero-order valence-corrected chi connectivity index (χ0v) is 8.71. The van der Waals surface area contributed by atoms with Gasteiger partial charge in [0.2, 0.25) is 0 Å². The van der Waals surface area contributed by atoms with Gasteiger partial charge in [0.25, 0.3) is 0 Å². The summed E-state index contributed by atoms with van der Waals surface area (Å²) in [6, 6.07) is 1.84. The minimum atomic E-state index is 0.595. The van der Waals surface area contributed by atoms with Gasteiger partial charge >= 0.3 is 0 Å². The average Bonchev–Trinajstić information content (AvgIpc) is 2.56. The van der Waals surface area contributed by atoms with Crippen molar-refractivity contribution in [1.29, 1.82) is 0 Å². The minimum absolute atomic E-state index is 0.595. The van der Waals surface area contributed by atoms with Crippen LogP contribution in [0.2, 0.25) is 0 Å². The third-order valence-corrected chi connectivity index (χ3v) is 2.09. The molecule has 0 saturated carbocycles. The molecule has 66 valence electrons. The molecule has 0 bridgehead atoms. The van der Waals surface area contributed by atoms with Crippen LogP contribution in [0.4, 0.5) is 5.69 Å². The van der Waals surface area contributed by atoms with Crippen molar-refractivity contribution in [2.75, 3.05) is 5.73 Å². The van der Waals surface area contributed by atoms with Crippen molar-refractivity contribution in [2.24, 2.45) is 0 Å². The van der Waals surface area contributed by atoms with Gasteiger partial charge in [0.15, 0.2) is 5.82 Å². The largest absolute Gasteiger partial charge is 0.396 e. The topological polar surface area (TPSA) is 69.6 Å². The van der Waals surface area contributed by atoms with Gasteiger partial charge in [0.1, 0.15) is 0 Å². The maximum absolute atomic E-state index is 5.76. The normalized spacial score (nSPS) is 10.2. The Bertz CT molecular complexity index is 411. The minimum Gasteiger partial charge on any atom is -0.396 e. The lowest BCUT2D eigenvalue weighted by Gasteiger charge is -2.02. The maximum atomic E-state index is 5.76. The molecule has 0 spiro atoms. The molecule has 2 aromatic heterocycles. The molecule has 0 saturated heterocycles. The SMILES string of the molecule is Nc1cc(I)cnc1-n1ccnn1. The predicted molar refractivity (Wildman–Crippen MR) is 56.3 cm³/mol. The molecule has 2 heterocycles. The van der Waals surface area contributed by atoms with E-state index in [4.69, 9.17) is 5.73 Å². The van der Waals surface area contributed by atoms with Gasteiger partial charge in [0, 0.05) is 9.77 Å². The second-order valence-corrected chi connectivity index (χ2v) is 3.66. The van der Waals surface area contributed by atoms with E-state index in [1.54, 1.807) is 18.6 Å². The van der Waals surface area contributed by atoms with Crippen LogP contribution in [0.15, 0.2) is 24.7 Å². The molecule has 0 aromatic carbocycles. The zero-order valence-electron chi connectivity index (χ0n) is 6.55. The van der Waals surface area contributed by atoms with E-state index >= 15 is 0 Å². The van der Waals surface area contributed by atoms with Crippen LogP contribution in [-0.4, -0.2) is 20.0 Å². The number of nitrogens with zero attached hydrogens (tertiary/aromatic N) is 4. The Hall–Kier alpha value is -1.18. The van der Waals surface area contributed by atoms with Crippen LogP contribution in [0.1, 0.15) is 0 Å². The van der Waals surface area contributed by atoms with E-state index in [1.807, 2.05) is 6.07 Å². The molecular formula is C7H6IN5. The van der Waals surface area contributed by atoms with Gasteiger partial charge in [-0.1, -0.05) is 5.21 Å². The molecule has 5 nitrogen and oxygen atoms in total. The molecule has 13 heavy (non-hydrogen) atoms. The van der Waals surface area contributed by atoms with Gasteiger partial charge < -0.3 is 5.73 Å². The first-order valence-electron chi connectivity index (χ1n) is 3.55. The third-order valence-electron chi connectivity index (χ3n) is 1.50. The molecule has 0 amide bonds. The molecule has 0 fully saturated rings. The van der Waals surface area contributed by atoms with Crippen LogP contribution < -0.4 is 5.73 Å². The Morgan fingerprint density at radius 3 is 2.92 bits per heavy atom. The Balaban J connectivity index is 2.53. The molecule has 2 rings (SSSR count). The molecular weight excluding hydrogens is 281 g/mol. The number of hydrogen-bond acceptors (Lipinski definition) is 4. The van der Waals surface area contributed by atoms with Crippen LogP contribution >= 0.6 is 22.6 Å². The molecule has 0 atom stereocenters. The lowest BCUT2D eigenvalue weighted by atomic mass is 10.4. The Labute approximate surface area is 88.1 Å². The molecule has 0 aliphatic heterocycles. The van der Waals surface area contributed by atoms with Gasteiger partial charge in [-0.05, 0) is 28.7 Å². The highest BCUT2D eigenvalue weighted by Gasteiger charge is 2.03. The van der Waals surface area contributed by atoms with Gasteiger partial charge in [0.05, 0.1) is 18.1 Å². The maximum Gasteiger partial charge on any atom is 0.178 e. The first-order valence-corrected chi connectivity index (χ1v) is 4.63. The summed E-state index contributed by atoms with van der Waals surface area (Å²) in [6.07, 6.45) is 5.01. The highest BCUT2D eigenvalue weighted by molar-refractivity contribution is 14.1. The number of rotatable bonds is 1. The second kappa shape index (κ2) is 3.29. The molecule has 2 N–H and O–H groups in total. The molecule has 0 aliphatic rings. The Kier molecular flexibility index (Phi) is 2.13. The van der Waals surface area contributed by atoms with Crippen LogP contribution in [-0.2, 0) is 0 Å². The second-order valence-electron chi connectivity index (χ2n) is 2.41. The van der Waals surface area contributed by atoms with E-state index in [1.165, 1.54) is 4.68 Å². The number of halogens is 1. The summed E-state index contributed by atoms with van der Waals surface area (Å²) in [5, 5.41) is 7.48. The van der Waals surface area contributed by atoms with Crippen molar-refractivity contribution in [1.82, 2.24) is 20.0 Å². The lowest BCUT2D eigenvalue weighted by molar-refractivity contribution is 0.783. The number of nitrogens with two attached hydrogens (primary N) is 1. The Morgan fingerprint density at radius 2 is 2.31 bits per heavy atom. The van der Waals surface area contributed by atoms with E-state index in [9.17, 15) is 0 Å². The van der Waals surface area contributed by atoms with E-state index in [0.717, 1.165) is 3.57 Å². The van der Waals surface area contributed by atoms with E-state index < -0.39 is 0 Å². The third kappa shape index (κ3) is 1.62. The smallest absolute Gasteiger partial charge is 0.178 e. The van der Waals surface area contributed by atoms with E-state index in [2.05, 4.69) is 37.9 Å². The molecule has 6 heteroatoms. The van der Waals surface area contributed by atoms with E-state index in [0.29, 0.717) is 11.5 Å². The standard InChI is InChI=1S/C7H6IN5/c8-5-3-6(9)7(10-4-5)13-2-1-11-12-13/h1-4H,9H2. The summed E-state index contributed by atoms with van der Waals surface area (Å²) in [5.41, 5.74) is 6.35. The van der Waals surface area contributed by atoms with Gasteiger partial charge in [-0.25, -0.2) is 9.67 Å². The monoisotopic (exact) mass is 287 g/mol. The van der Waals surface area contributed by atoms with Crippen LogP contribution in [0.25, 0.3) is 5.82 Å². The fraction of sp³-hybridized carbons (Fsp3) is 0. The number of nitrogen functional groups attached to an aromatic ring is 1. The summed E-state index contributed by atoms with van der Waals surface area (Å²) in [7, 11) is 0. The number of hydrogen-bond donors (Lipinski definition) is 1. The van der Waals surface area contributed by atoms with Crippen molar-refractivity contribution >= 4 is 28.3 Å². The lowest BCUT2D eigenvalue weighted by Crippen LogP contribution is -2.03. The fourth-order valence-electron chi connectivity index (χ4n) is 0.960. The summed E-state index contributed by atoms with van der Waals surface area (Å²) in [4.78, 5) is 4.15. The van der Waals surface area contributed by atoms with Gasteiger partial charge in [-0.3, -0.25) is 0 Å². The van der Waals surface area contributed by atoms with Crippen LogP contribution in [0, 0.1) is 3.57 Å². The molecule has 0 unspecified atom stereocenters. The number of anilines is 1. The highest BCUT2D eigenvalue weighted by Crippen LogP contribution is 2.15. The van der Waals surface area contributed by atoms with E-state index in [-0.39, 0.29) is 0 Å². The Morgan fingerprint density at radius 1 is 1.46 bits per heavy atom. The van der Waals surface area contributed by atoms with Crippen molar-refractivity contribution in [3.63, 3.8) is 0 Å². The van der Waals surface area contributed by atoms with Gasteiger partial charge in [-0.15, -0.1) is 5.10 Å². The van der Waals surface area contributed by atoms with Crippen molar-refractivity contribution in [3.8, 4) is 5.82 Å². The quantitative estimate of drug-likeness (QED) is 0.789. The van der Waals surface area contributed by atoms with Crippen LogP contribution in [0.5, 0.6) is 0 Å². The van der Waals surface area contributed by atoms with Crippen molar-refractivity contribution in [2.45, 2.75) is 0 Å². The molecule has 0 aliphatic carbocycles. The highest BCUT2D eigenvalue weighted by atomic mass is 127. The number of aromatic nitrogens is 4. The summed E-state index contributed by atoms with van der Waals surface area (Å²) in [6.45, 7) is 0. The number of pyridine rings is 1. The van der Waals surface area contributed by atoms with Crippen LogP contribution in [0.3, 0.4) is 0 Å².